The summed E-state index contributed by atoms with van der Waals surface area (Å²) in [6.45, 7) is 3.00. The first-order valence-electron chi connectivity index (χ1n) is 2.63. The standard InChI is InChI=1S/C3H7NO2.C2H5NO/c1-3(2-5)4-6;1-2-3-4/h5-6H,2H2,1H3;2,4H,1H3/b4-3-;3-2-. The average molecular weight is 148 g/mol. The van der Waals surface area contributed by atoms with Gasteiger partial charge in [0.15, 0.2) is 0 Å². The molecule has 0 rings (SSSR count). The number of rotatable bonds is 1. The second-order valence-electron chi connectivity index (χ2n) is 1.37. The Morgan fingerprint density at radius 1 is 1.50 bits per heavy atom. The maximum Gasteiger partial charge on any atom is 0.0844 e. The van der Waals surface area contributed by atoms with Gasteiger partial charge in [-0.25, -0.2) is 0 Å². The van der Waals surface area contributed by atoms with E-state index in [9.17, 15) is 0 Å². The lowest BCUT2D eigenvalue weighted by Gasteiger charge is -1.81. The Hall–Kier alpha value is -1.10. The quantitative estimate of drug-likeness (QED) is 0.284. The SMILES string of the molecule is C/C(CO)=N/O.C/C=N\O. The molecule has 0 aromatic carbocycles. The van der Waals surface area contributed by atoms with Crippen LogP contribution in [0.5, 0.6) is 0 Å². The summed E-state index contributed by atoms with van der Waals surface area (Å²) in [6.07, 6.45) is 1.31. The molecule has 0 saturated heterocycles. The number of oxime groups is 2. The van der Waals surface area contributed by atoms with Crippen LogP contribution in [0.15, 0.2) is 10.3 Å². The van der Waals surface area contributed by atoms with E-state index in [2.05, 4.69) is 10.3 Å². The van der Waals surface area contributed by atoms with Gasteiger partial charge in [-0.15, -0.1) is 5.16 Å². The summed E-state index contributed by atoms with van der Waals surface area (Å²) in [4.78, 5) is 0. The van der Waals surface area contributed by atoms with Gasteiger partial charge in [0, 0.05) is 6.21 Å². The second kappa shape index (κ2) is 10.8. The van der Waals surface area contributed by atoms with E-state index in [1.165, 1.54) is 13.1 Å². The molecule has 0 bridgehead atoms. The molecule has 5 nitrogen and oxygen atoms in total. The minimum absolute atomic E-state index is 0.170. The Balaban J connectivity index is 0. The van der Waals surface area contributed by atoms with Crippen molar-refractivity contribution in [3.8, 4) is 0 Å². The summed E-state index contributed by atoms with van der Waals surface area (Å²) in [5.41, 5.74) is 0.329. The maximum atomic E-state index is 8.04. The van der Waals surface area contributed by atoms with Gasteiger partial charge < -0.3 is 15.5 Å². The van der Waals surface area contributed by atoms with Crippen LogP contribution in [0.4, 0.5) is 0 Å². The lowest BCUT2D eigenvalue weighted by atomic mass is 10.5. The van der Waals surface area contributed by atoms with Crippen molar-refractivity contribution < 1.29 is 15.5 Å². The molecule has 0 atom stereocenters. The van der Waals surface area contributed by atoms with Crippen LogP contribution in [0.1, 0.15) is 13.8 Å². The first kappa shape index (κ1) is 11.7. The van der Waals surface area contributed by atoms with Gasteiger partial charge in [0.25, 0.3) is 0 Å². The highest BCUT2D eigenvalue weighted by Crippen LogP contribution is 1.66. The number of hydrogen-bond acceptors (Lipinski definition) is 5. The maximum absolute atomic E-state index is 8.04. The molecule has 5 heteroatoms. The molecule has 0 radical (unpaired) electrons. The molecular weight excluding hydrogens is 136 g/mol. The van der Waals surface area contributed by atoms with Crippen LogP contribution in [-0.4, -0.2) is 34.1 Å². The van der Waals surface area contributed by atoms with E-state index in [1.807, 2.05) is 0 Å². The lowest BCUT2D eigenvalue weighted by molar-refractivity contribution is 0.302. The van der Waals surface area contributed by atoms with E-state index in [1.54, 1.807) is 6.92 Å². The van der Waals surface area contributed by atoms with Crippen LogP contribution in [0.3, 0.4) is 0 Å². The molecule has 0 aromatic rings. The Kier molecular flexibility index (Phi) is 12.6. The van der Waals surface area contributed by atoms with Gasteiger partial charge in [0.2, 0.25) is 0 Å². The minimum Gasteiger partial charge on any atom is -0.411 e. The van der Waals surface area contributed by atoms with Crippen LogP contribution in [0.2, 0.25) is 0 Å². The molecule has 0 spiro atoms. The van der Waals surface area contributed by atoms with E-state index >= 15 is 0 Å². The highest BCUT2D eigenvalue weighted by molar-refractivity contribution is 5.82. The Morgan fingerprint density at radius 3 is 1.90 bits per heavy atom. The molecule has 0 aliphatic heterocycles. The fourth-order valence-corrected chi connectivity index (χ4v) is 0.0316. The molecule has 0 heterocycles. The molecule has 3 N–H and O–H groups in total. The van der Waals surface area contributed by atoms with Gasteiger partial charge in [-0.3, -0.25) is 0 Å². The Morgan fingerprint density at radius 2 is 1.90 bits per heavy atom. The molecule has 10 heavy (non-hydrogen) atoms. The predicted molar refractivity (Wildman–Crippen MR) is 37.9 cm³/mol. The summed E-state index contributed by atoms with van der Waals surface area (Å²) in [5, 5.41) is 28.5. The van der Waals surface area contributed by atoms with Crippen LogP contribution in [0, 0.1) is 0 Å². The van der Waals surface area contributed by atoms with Crippen molar-refractivity contribution >= 4 is 11.9 Å². The smallest absolute Gasteiger partial charge is 0.0844 e. The molecule has 0 saturated carbocycles. The lowest BCUT2D eigenvalue weighted by Crippen LogP contribution is -1.95. The van der Waals surface area contributed by atoms with E-state index < -0.39 is 0 Å². The normalized spacial score (nSPS) is 10.9. The van der Waals surface area contributed by atoms with Crippen LogP contribution < -0.4 is 0 Å². The van der Waals surface area contributed by atoms with Crippen molar-refractivity contribution in [2.24, 2.45) is 10.3 Å². The number of hydrogen-bond donors (Lipinski definition) is 3. The van der Waals surface area contributed by atoms with E-state index in [4.69, 9.17) is 15.5 Å². The molecular formula is C5H12N2O3. The van der Waals surface area contributed by atoms with E-state index in [0.717, 1.165) is 0 Å². The summed E-state index contributed by atoms with van der Waals surface area (Å²) in [6, 6.07) is 0. The molecule has 0 unspecified atom stereocenters. The van der Waals surface area contributed by atoms with Crippen LogP contribution in [-0.2, 0) is 0 Å². The summed E-state index contributed by atoms with van der Waals surface area (Å²) in [7, 11) is 0. The highest BCUT2D eigenvalue weighted by atomic mass is 16.4. The fourth-order valence-electron chi connectivity index (χ4n) is 0.0316. The highest BCUT2D eigenvalue weighted by Gasteiger charge is 1.79. The van der Waals surface area contributed by atoms with Gasteiger partial charge in [-0.05, 0) is 13.8 Å². The predicted octanol–water partition coefficient (Wildman–Crippen LogP) is 0.295. The first-order chi connectivity index (χ1) is 4.72. The average Bonchev–Trinajstić information content (AvgIpc) is 2.03. The third-order valence-electron chi connectivity index (χ3n) is 0.515. The second-order valence-corrected chi connectivity index (χ2v) is 1.37. The monoisotopic (exact) mass is 148 g/mol. The molecule has 60 valence electrons. The van der Waals surface area contributed by atoms with Crippen molar-refractivity contribution in [1.29, 1.82) is 0 Å². The Labute approximate surface area is 59.3 Å². The zero-order valence-corrected chi connectivity index (χ0v) is 6.02. The Bertz CT molecular complexity index is 107. The zero-order valence-electron chi connectivity index (χ0n) is 6.02. The number of aliphatic hydroxyl groups is 1. The molecule has 0 aliphatic rings. The fraction of sp³-hybridized carbons (Fsp3) is 0.600. The minimum atomic E-state index is -0.170. The van der Waals surface area contributed by atoms with E-state index in [-0.39, 0.29) is 6.61 Å². The molecule has 0 fully saturated rings. The topological polar surface area (TPSA) is 85.4 Å². The number of aliphatic hydroxyl groups excluding tert-OH is 1. The van der Waals surface area contributed by atoms with Gasteiger partial charge >= 0.3 is 0 Å². The van der Waals surface area contributed by atoms with Crippen molar-refractivity contribution in [2.45, 2.75) is 13.8 Å². The van der Waals surface area contributed by atoms with Gasteiger partial charge in [0.05, 0.1) is 12.3 Å². The first-order valence-corrected chi connectivity index (χ1v) is 2.63. The largest absolute Gasteiger partial charge is 0.411 e. The molecule has 0 aliphatic carbocycles. The number of nitrogens with zero attached hydrogens (tertiary/aromatic N) is 2. The zero-order chi connectivity index (χ0) is 8.41. The van der Waals surface area contributed by atoms with Gasteiger partial charge in [-0.1, -0.05) is 5.16 Å². The van der Waals surface area contributed by atoms with Gasteiger partial charge in [0.1, 0.15) is 0 Å². The van der Waals surface area contributed by atoms with Crippen molar-refractivity contribution in [3.05, 3.63) is 0 Å². The van der Waals surface area contributed by atoms with Crippen LogP contribution in [0.25, 0.3) is 0 Å². The van der Waals surface area contributed by atoms with E-state index in [0.29, 0.717) is 5.71 Å². The summed E-state index contributed by atoms with van der Waals surface area (Å²) in [5.74, 6) is 0. The van der Waals surface area contributed by atoms with Crippen molar-refractivity contribution in [3.63, 3.8) is 0 Å². The third-order valence-corrected chi connectivity index (χ3v) is 0.515. The summed E-state index contributed by atoms with van der Waals surface area (Å²) >= 11 is 0. The van der Waals surface area contributed by atoms with Crippen LogP contribution >= 0.6 is 0 Å². The van der Waals surface area contributed by atoms with Gasteiger partial charge in [-0.2, -0.15) is 0 Å². The summed E-state index contributed by atoms with van der Waals surface area (Å²) < 4.78 is 0. The van der Waals surface area contributed by atoms with Crippen molar-refractivity contribution in [1.82, 2.24) is 0 Å². The molecule has 0 aromatic heterocycles. The molecule has 0 amide bonds. The third kappa shape index (κ3) is 15.8. The van der Waals surface area contributed by atoms with Crippen molar-refractivity contribution in [2.75, 3.05) is 6.61 Å².